The van der Waals surface area contributed by atoms with Crippen LogP contribution in [0.4, 0.5) is 17.1 Å². The summed E-state index contributed by atoms with van der Waals surface area (Å²) in [6.45, 7) is 4.70. The summed E-state index contributed by atoms with van der Waals surface area (Å²) in [4.78, 5) is 12.4. The van der Waals surface area contributed by atoms with Gasteiger partial charge in [0, 0.05) is 26.3 Å². The quantitative estimate of drug-likeness (QED) is 0.598. The van der Waals surface area contributed by atoms with E-state index in [1.807, 2.05) is 31.2 Å². The Labute approximate surface area is 167 Å². The summed E-state index contributed by atoms with van der Waals surface area (Å²) >= 11 is 0. The molecule has 0 aromatic heterocycles. The summed E-state index contributed by atoms with van der Waals surface area (Å²) in [6, 6.07) is 12.5. The van der Waals surface area contributed by atoms with Crippen molar-refractivity contribution in [2.45, 2.75) is 25.2 Å². The van der Waals surface area contributed by atoms with Crippen molar-refractivity contribution in [3.8, 4) is 0 Å². The van der Waals surface area contributed by atoms with Crippen molar-refractivity contribution in [1.82, 2.24) is 4.31 Å². The minimum Gasteiger partial charge on any atom is -0.384 e. The molecule has 8 heteroatoms. The first kappa shape index (κ1) is 21.7. The van der Waals surface area contributed by atoms with Crippen LogP contribution in [0.2, 0.25) is 0 Å². The molecule has 0 fully saturated rings. The second kappa shape index (κ2) is 9.57. The monoisotopic (exact) mass is 404 g/mol. The molecule has 0 heterocycles. The zero-order chi connectivity index (χ0) is 20.7. The summed E-state index contributed by atoms with van der Waals surface area (Å²) in [5, 5.41) is 9.03. The molecule has 0 saturated carbocycles. The van der Waals surface area contributed by atoms with E-state index < -0.39 is 10.0 Å². The van der Waals surface area contributed by atoms with Crippen molar-refractivity contribution >= 4 is 33.0 Å². The molecule has 1 amide bonds. The van der Waals surface area contributed by atoms with Gasteiger partial charge < -0.3 is 16.0 Å². The van der Waals surface area contributed by atoms with Gasteiger partial charge in [0.2, 0.25) is 15.9 Å². The van der Waals surface area contributed by atoms with Gasteiger partial charge in [0.1, 0.15) is 0 Å². The minimum atomic E-state index is -3.56. The Balaban J connectivity index is 2.13. The Morgan fingerprint density at radius 1 is 0.964 bits per heavy atom. The Morgan fingerprint density at radius 3 is 2.21 bits per heavy atom. The lowest BCUT2D eigenvalue weighted by atomic mass is 10.1. The molecule has 0 aliphatic rings. The average Bonchev–Trinajstić information content (AvgIpc) is 2.67. The van der Waals surface area contributed by atoms with E-state index in [2.05, 4.69) is 22.9 Å². The maximum absolute atomic E-state index is 12.4. The Hall–Kier alpha value is -2.58. The molecule has 0 unspecified atom stereocenters. The van der Waals surface area contributed by atoms with E-state index in [4.69, 9.17) is 0 Å². The second-order valence-electron chi connectivity index (χ2n) is 6.48. The Morgan fingerprint density at radius 2 is 1.64 bits per heavy atom. The molecule has 2 rings (SSSR count). The molecule has 0 radical (unpaired) electrons. The maximum Gasteiger partial charge on any atom is 0.243 e. The van der Waals surface area contributed by atoms with Crippen LogP contribution in [0.25, 0.3) is 0 Å². The van der Waals surface area contributed by atoms with Crippen LogP contribution in [-0.4, -0.2) is 45.8 Å². The van der Waals surface area contributed by atoms with Gasteiger partial charge in [0.05, 0.1) is 22.8 Å². The number of nitrogens with zero attached hydrogens (tertiary/aromatic N) is 1. The number of anilines is 3. The number of hydrogen-bond acceptors (Lipinski definition) is 5. The fraction of sp³-hybridized carbons (Fsp3) is 0.350. The smallest absolute Gasteiger partial charge is 0.243 e. The fourth-order valence-electron chi connectivity index (χ4n) is 2.59. The van der Waals surface area contributed by atoms with E-state index >= 15 is 0 Å². The van der Waals surface area contributed by atoms with Crippen molar-refractivity contribution in [2.24, 2.45) is 0 Å². The van der Waals surface area contributed by atoms with Crippen molar-refractivity contribution in [3.05, 3.63) is 48.0 Å². The molecule has 7 nitrogen and oxygen atoms in total. The van der Waals surface area contributed by atoms with Gasteiger partial charge in [-0.05, 0) is 49.2 Å². The van der Waals surface area contributed by atoms with Crippen LogP contribution in [0, 0.1) is 0 Å². The van der Waals surface area contributed by atoms with E-state index in [0.29, 0.717) is 12.2 Å². The van der Waals surface area contributed by atoms with Crippen LogP contribution >= 0.6 is 0 Å². The van der Waals surface area contributed by atoms with Gasteiger partial charge in [0.25, 0.3) is 0 Å². The zero-order valence-corrected chi connectivity index (χ0v) is 17.6. The van der Waals surface area contributed by atoms with Crippen molar-refractivity contribution in [3.63, 3.8) is 0 Å². The lowest BCUT2D eigenvalue weighted by Crippen LogP contribution is -2.24. The van der Waals surface area contributed by atoms with Crippen molar-refractivity contribution in [2.75, 3.05) is 43.1 Å². The average molecular weight is 405 g/mol. The van der Waals surface area contributed by atoms with Crippen LogP contribution in [0.5, 0.6) is 0 Å². The highest BCUT2D eigenvalue weighted by atomic mass is 32.2. The number of aryl methyl sites for hydroxylation is 1. The van der Waals surface area contributed by atoms with Crippen LogP contribution in [0.3, 0.4) is 0 Å². The van der Waals surface area contributed by atoms with Gasteiger partial charge in [0.15, 0.2) is 0 Å². The van der Waals surface area contributed by atoms with Gasteiger partial charge >= 0.3 is 0 Å². The first-order valence-corrected chi connectivity index (χ1v) is 10.6. The summed E-state index contributed by atoms with van der Waals surface area (Å²) in [5.41, 5.74) is 3.21. The zero-order valence-electron chi connectivity index (χ0n) is 16.7. The van der Waals surface area contributed by atoms with Gasteiger partial charge in [-0.1, -0.05) is 19.1 Å². The summed E-state index contributed by atoms with van der Waals surface area (Å²) < 4.78 is 25.9. The van der Waals surface area contributed by atoms with Gasteiger partial charge in [-0.15, -0.1) is 0 Å². The minimum absolute atomic E-state index is 0.0133. The number of carbonyl (C=O) groups is 1. The predicted molar refractivity (Wildman–Crippen MR) is 114 cm³/mol. The maximum atomic E-state index is 12.4. The molecule has 3 N–H and O–H groups in total. The largest absolute Gasteiger partial charge is 0.384 e. The number of benzene rings is 2. The summed E-state index contributed by atoms with van der Waals surface area (Å²) in [6.07, 6.45) is 0.940. The molecule has 0 aliphatic heterocycles. The molecule has 28 heavy (non-hydrogen) atoms. The van der Waals surface area contributed by atoms with E-state index in [1.54, 1.807) is 12.1 Å². The van der Waals surface area contributed by atoms with Gasteiger partial charge in [-0.3, -0.25) is 4.79 Å². The van der Waals surface area contributed by atoms with Crippen molar-refractivity contribution in [1.29, 1.82) is 0 Å². The second-order valence-corrected chi connectivity index (χ2v) is 8.63. The van der Waals surface area contributed by atoms with E-state index in [1.165, 1.54) is 25.7 Å². The number of rotatable bonds is 9. The molecule has 152 valence electrons. The summed E-state index contributed by atoms with van der Waals surface area (Å²) in [7, 11) is -0.592. The van der Waals surface area contributed by atoms with E-state index in [9.17, 15) is 13.2 Å². The molecular formula is C20H28N4O3S. The highest BCUT2D eigenvalue weighted by molar-refractivity contribution is 7.89. The third kappa shape index (κ3) is 5.46. The normalized spacial score (nSPS) is 11.3. The lowest BCUT2D eigenvalue weighted by molar-refractivity contribution is -0.114. The third-order valence-corrected chi connectivity index (χ3v) is 6.03. The highest BCUT2D eigenvalue weighted by Gasteiger charge is 2.19. The number of hydrogen-bond donors (Lipinski definition) is 3. The van der Waals surface area contributed by atoms with Crippen LogP contribution in [0.15, 0.2) is 47.4 Å². The number of nitrogens with one attached hydrogen (secondary N) is 3. The number of carbonyl (C=O) groups excluding carboxylic acids is 1. The first-order chi connectivity index (χ1) is 13.3. The molecule has 0 aliphatic carbocycles. The highest BCUT2D eigenvalue weighted by Crippen LogP contribution is 2.26. The Bertz CT molecular complexity index is 910. The van der Waals surface area contributed by atoms with Crippen LogP contribution < -0.4 is 16.0 Å². The third-order valence-electron chi connectivity index (χ3n) is 4.22. The molecule has 0 bridgehead atoms. The van der Waals surface area contributed by atoms with Crippen LogP contribution in [-0.2, 0) is 21.2 Å². The number of amides is 1. The summed E-state index contributed by atoms with van der Waals surface area (Å²) in [5.74, 6) is -0.215. The van der Waals surface area contributed by atoms with E-state index in [0.717, 1.165) is 22.1 Å². The van der Waals surface area contributed by atoms with Gasteiger partial charge in [-0.25, -0.2) is 12.7 Å². The SMILES string of the molecule is CCNc1ccc(S(=O)(=O)N(C)C)cc1NCC(=O)Nc1ccc(CC)cc1. The van der Waals surface area contributed by atoms with E-state index in [-0.39, 0.29) is 17.3 Å². The molecular weight excluding hydrogens is 376 g/mol. The molecule has 0 saturated heterocycles. The van der Waals surface area contributed by atoms with Crippen LogP contribution in [0.1, 0.15) is 19.4 Å². The Kier molecular flexibility index (Phi) is 7.42. The molecule has 0 atom stereocenters. The van der Waals surface area contributed by atoms with Crippen molar-refractivity contribution < 1.29 is 13.2 Å². The molecule has 2 aromatic rings. The molecule has 2 aromatic carbocycles. The fourth-order valence-corrected chi connectivity index (χ4v) is 3.52. The lowest BCUT2D eigenvalue weighted by Gasteiger charge is -2.17. The predicted octanol–water partition coefficient (Wildman–Crippen LogP) is 2.98. The standard InChI is InChI=1S/C20H28N4O3S/c1-5-15-7-9-16(10-8-15)23-20(25)14-22-19-13-17(28(26,27)24(3)4)11-12-18(19)21-6-2/h7-13,21-22H,5-6,14H2,1-4H3,(H,23,25). The topological polar surface area (TPSA) is 90.5 Å². The first-order valence-electron chi connectivity index (χ1n) is 9.21. The van der Waals surface area contributed by atoms with Gasteiger partial charge in [-0.2, -0.15) is 0 Å². The molecule has 0 spiro atoms. The number of sulfonamides is 1.